The Kier molecular flexibility index (Phi) is 4.92. The van der Waals surface area contributed by atoms with E-state index in [1.165, 1.54) is 13.0 Å². The monoisotopic (exact) mass is 315 g/mol. The van der Waals surface area contributed by atoms with Gasteiger partial charge in [0.1, 0.15) is 5.75 Å². The summed E-state index contributed by atoms with van der Waals surface area (Å²) in [5.74, 6) is -3.86. The zero-order valence-electron chi connectivity index (χ0n) is 11.8. The Morgan fingerprint density at radius 2 is 2.14 bits per heavy atom. The highest BCUT2D eigenvalue weighted by Gasteiger charge is 2.35. The van der Waals surface area contributed by atoms with Crippen LogP contribution >= 0.6 is 0 Å². The molecule has 1 N–H and O–H groups in total. The Morgan fingerprint density at radius 1 is 1.41 bits per heavy atom. The van der Waals surface area contributed by atoms with Crippen LogP contribution in [0.5, 0.6) is 5.75 Å². The Hall–Kier alpha value is -2.22. The van der Waals surface area contributed by atoms with Gasteiger partial charge in [0.2, 0.25) is 0 Å². The first-order valence-corrected chi connectivity index (χ1v) is 6.63. The van der Waals surface area contributed by atoms with Crippen molar-refractivity contribution in [3.8, 4) is 5.75 Å². The van der Waals surface area contributed by atoms with E-state index in [2.05, 4.69) is 0 Å². The van der Waals surface area contributed by atoms with Gasteiger partial charge in [0.25, 0.3) is 5.91 Å². The van der Waals surface area contributed by atoms with E-state index in [9.17, 15) is 18.4 Å². The molecule has 1 aliphatic heterocycles. The van der Waals surface area contributed by atoms with Crippen LogP contribution in [0.2, 0.25) is 0 Å². The topological polar surface area (TPSA) is 76.1 Å². The number of morpholine rings is 1. The van der Waals surface area contributed by atoms with Crippen LogP contribution in [0.3, 0.4) is 0 Å². The maximum Gasteiger partial charge on any atom is 0.328 e. The molecule has 2 rings (SSSR count). The molecule has 8 heteroatoms. The number of benzene rings is 1. The summed E-state index contributed by atoms with van der Waals surface area (Å²) in [5.41, 5.74) is 0. The summed E-state index contributed by atoms with van der Waals surface area (Å²) in [4.78, 5) is 24.6. The van der Waals surface area contributed by atoms with E-state index in [-0.39, 0.29) is 25.5 Å². The molecule has 1 amide bonds. The summed E-state index contributed by atoms with van der Waals surface area (Å²) in [6.07, 6.45) is -1.04. The summed E-state index contributed by atoms with van der Waals surface area (Å²) in [7, 11) is 0. The standard InChI is InChI=1S/C14H15F2NO5/c1-8(22-9-2-3-10(15)11(16)6-9)13(18)17-4-5-21-7-12(17)14(19)20/h2-3,6,8,12H,4-5,7H2,1H3,(H,19,20)/t8-,12+/m1/s1. The van der Waals surface area contributed by atoms with Crippen LogP contribution in [0.25, 0.3) is 0 Å². The van der Waals surface area contributed by atoms with Crippen LogP contribution in [0, 0.1) is 11.6 Å². The van der Waals surface area contributed by atoms with Gasteiger partial charge >= 0.3 is 5.97 Å². The molecule has 1 heterocycles. The van der Waals surface area contributed by atoms with Crippen LogP contribution < -0.4 is 4.74 Å². The van der Waals surface area contributed by atoms with Crippen LogP contribution in [0.1, 0.15) is 6.92 Å². The number of aliphatic carboxylic acids is 1. The number of hydrogen-bond donors (Lipinski definition) is 1. The van der Waals surface area contributed by atoms with Crippen LogP contribution in [-0.4, -0.2) is 53.8 Å². The van der Waals surface area contributed by atoms with Gasteiger partial charge in [-0.3, -0.25) is 4.79 Å². The van der Waals surface area contributed by atoms with E-state index in [0.29, 0.717) is 0 Å². The minimum atomic E-state index is -1.17. The molecule has 0 aliphatic carbocycles. The molecule has 22 heavy (non-hydrogen) atoms. The van der Waals surface area contributed by atoms with Gasteiger partial charge in [0.05, 0.1) is 13.2 Å². The fourth-order valence-electron chi connectivity index (χ4n) is 2.11. The van der Waals surface area contributed by atoms with Crippen molar-refractivity contribution in [2.24, 2.45) is 0 Å². The predicted molar refractivity (Wildman–Crippen MR) is 70.4 cm³/mol. The average molecular weight is 315 g/mol. The molecule has 1 aliphatic rings. The van der Waals surface area contributed by atoms with E-state index in [4.69, 9.17) is 14.6 Å². The lowest BCUT2D eigenvalue weighted by Crippen LogP contribution is -2.55. The summed E-state index contributed by atoms with van der Waals surface area (Å²) < 4.78 is 36.3. The third-order valence-electron chi connectivity index (χ3n) is 3.25. The third-order valence-corrected chi connectivity index (χ3v) is 3.25. The quantitative estimate of drug-likeness (QED) is 0.898. The van der Waals surface area contributed by atoms with Crippen molar-refractivity contribution in [1.29, 1.82) is 0 Å². The molecule has 0 saturated carbocycles. The molecule has 0 bridgehead atoms. The number of amides is 1. The van der Waals surface area contributed by atoms with Gasteiger partial charge in [-0.05, 0) is 19.1 Å². The first kappa shape index (κ1) is 16.2. The van der Waals surface area contributed by atoms with Crippen LogP contribution in [0.4, 0.5) is 8.78 Å². The second kappa shape index (κ2) is 6.69. The molecule has 6 nitrogen and oxygen atoms in total. The maximum absolute atomic E-state index is 13.1. The van der Waals surface area contributed by atoms with Crippen molar-refractivity contribution >= 4 is 11.9 Å². The van der Waals surface area contributed by atoms with Crippen LogP contribution in [0.15, 0.2) is 18.2 Å². The number of carboxylic acids is 1. The largest absolute Gasteiger partial charge is 0.481 e. The summed E-state index contributed by atoms with van der Waals surface area (Å²) >= 11 is 0. The van der Waals surface area contributed by atoms with E-state index in [1.54, 1.807) is 0 Å². The number of halogens is 2. The highest BCUT2D eigenvalue weighted by molar-refractivity contribution is 5.86. The molecule has 2 atom stereocenters. The number of ether oxygens (including phenoxy) is 2. The normalized spacial score (nSPS) is 19.6. The van der Waals surface area contributed by atoms with Crippen molar-refractivity contribution in [3.63, 3.8) is 0 Å². The van der Waals surface area contributed by atoms with Crippen molar-refractivity contribution in [3.05, 3.63) is 29.8 Å². The van der Waals surface area contributed by atoms with E-state index < -0.39 is 35.7 Å². The lowest BCUT2D eigenvalue weighted by atomic mass is 10.2. The van der Waals surface area contributed by atoms with Crippen LogP contribution in [-0.2, 0) is 14.3 Å². The number of carbonyl (C=O) groups excluding carboxylic acids is 1. The fraction of sp³-hybridized carbons (Fsp3) is 0.429. The molecule has 120 valence electrons. The van der Waals surface area contributed by atoms with Gasteiger partial charge < -0.3 is 19.5 Å². The number of carbonyl (C=O) groups is 2. The van der Waals surface area contributed by atoms with Crippen molar-refractivity contribution in [1.82, 2.24) is 4.90 Å². The number of nitrogens with zero attached hydrogens (tertiary/aromatic N) is 1. The zero-order valence-corrected chi connectivity index (χ0v) is 11.8. The first-order valence-electron chi connectivity index (χ1n) is 6.63. The average Bonchev–Trinajstić information content (AvgIpc) is 2.50. The Bertz CT molecular complexity index is 580. The second-order valence-electron chi connectivity index (χ2n) is 4.80. The summed E-state index contributed by atoms with van der Waals surface area (Å²) in [5, 5.41) is 9.09. The molecule has 1 aromatic rings. The molecule has 0 unspecified atom stereocenters. The van der Waals surface area contributed by atoms with Gasteiger partial charge in [-0.15, -0.1) is 0 Å². The minimum Gasteiger partial charge on any atom is -0.481 e. The first-order chi connectivity index (χ1) is 10.4. The highest BCUT2D eigenvalue weighted by Crippen LogP contribution is 2.18. The molecular weight excluding hydrogens is 300 g/mol. The van der Waals surface area contributed by atoms with Gasteiger partial charge in [-0.1, -0.05) is 0 Å². The minimum absolute atomic E-state index is 0.0140. The molecular formula is C14H15F2NO5. The smallest absolute Gasteiger partial charge is 0.328 e. The maximum atomic E-state index is 13.1. The van der Waals surface area contributed by atoms with Crippen molar-refractivity contribution < 1.29 is 33.0 Å². The molecule has 0 radical (unpaired) electrons. The zero-order chi connectivity index (χ0) is 16.3. The second-order valence-corrected chi connectivity index (χ2v) is 4.80. The van der Waals surface area contributed by atoms with Crippen molar-refractivity contribution in [2.75, 3.05) is 19.8 Å². The Labute approximate surface area is 125 Å². The summed E-state index contributed by atoms with van der Waals surface area (Å²) in [6.45, 7) is 1.67. The number of hydrogen-bond acceptors (Lipinski definition) is 4. The van der Waals surface area contributed by atoms with Gasteiger partial charge in [-0.25, -0.2) is 13.6 Å². The fourth-order valence-corrected chi connectivity index (χ4v) is 2.11. The third kappa shape index (κ3) is 3.51. The highest BCUT2D eigenvalue weighted by atomic mass is 19.2. The lowest BCUT2D eigenvalue weighted by molar-refractivity contribution is -0.161. The Balaban J connectivity index is 2.07. The SMILES string of the molecule is C[C@@H](Oc1ccc(F)c(F)c1)C(=O)N1CCOC[C@H]1C(=O)O. The molecule has 0 aromatic heterocycles. The van der Waals surface area contributed by atoms with E-state index in [1.807, 2.05) is 0 Å². The summed E-state index contributed by atoms with van der Waals surface area (Å²) in [6, 6.07) is 1.82. The van der Waals surface area contributed by atoms with Gasteiger partial charge in [0, 0.05) is 12.6 Å². The molecule has 1 saturated heterocycles. The van der Waals surface area contributed by atoms with Crippen molar-refractivity contribution in [2.45, 2.75) is 19.1 Å². The van der Waals surface area contributed by atoms with Gasteiger partial charge in [0.15, 0.2) is 23.8 Å². The molecule has 1 fully saturated rings. The predicted octanol–water partition coefficient (Wildman–Crippen LogP) is 1.04. The van der Waals surface area contributed by atoms with Gasteiger partial charge in [-0.2, -0.15) is 0 Å². The number of carboxylic acid groups (broad SMARTS) is 1. The lowest BCUT2D eigenvalue weighted by Gasteiger charge is -2.34. The van der Waals surface area contributed by atoms with E-state index in [0.717, 1.165) is 17.0 Å². The Morgan fingerprint density at radius 3 is 2.77 bits per heavy atom. The number of rotatable bonds is 4. The molecule has 0 spiro atoms. The van der Waals surface area contributed by atoms with E-state index >= 15 is 0 Å². The molecule has 1 aromatic carbocycles.